The highest BCUT2D eigenvalue weighted by Gasteiger charge is 2.38. The van der Waals surface area contributed by atoms with Crippen LogP contribution >= 0.6 is 0 Å². The summed E-state index contributed by atoms with van der Waals surface area (Å²) in [6.07, 6.45) is -3.09. The van der Waals surface area contributed by atoms with E-state index in [0.29, 0.717) is 13.0 Å². The molecule has 18 heavy (non-hydrogen) atoms. The summed E-state index contributed by atoms with van der Waals surface area (Å²) in [5.41, 5.74) is 5.92. The zero-order chi connectivity index (χ0) is 13.4. The van der Waals surface area contributed by atoms with Gasteiger partial charge in [0.25, 0.3) is 0 Å². The molecule has 1 saturated heterocycles. The molecule has 1 aromatic carbocycles. The van der Waals surface area contributed by atoms with Crippen LogP contribution in [0, 0.1) is 0 Å². The van der Waals surface area contributed by atoms with Crippen molar-refractivity contribution >= 4 is 0 Å². The van der Waals surface area contributed by atoms with E-state index in [1.807, 2.05) is 6.92 Å². The van der Waals surface area contributed by atoms with E-state index in [9.17, 15) is 13.2 Å². The van der Waals surface area contributed by atoms with E-state index in [2.05, 4.69) is 0 Å². The molecule has 1 heterocycles. The SMILES string of the molecule is CC1OCCC1(N)Cc1ccc(C(F)(F)F)cc1. The summed E-state index contributed by atoms with van der Waals surface area (Å²) >= 11 is 0. The Hall–Kier alpha value is -1.07. The maximum absolute atomic E-state index is 12.4. The number of halogens is 3. The van der Waals surface area contributed by atoms with Crippen molar-refractivity contribution in [1.82, 2.24) is 0 Å². The standard InChI is InChI=1S/C13H16F3NO/c1-9-12(17,6-7-18-9)8-10-2-4-11(5-3-10)13(14,15)16/h2-5,9H,6-8,17H2,1H3. The van der Waals surface area contributed by atoms with Gasteiger partial charge in [-0.1, -0.05) is 12.1 Å². The fourth-order valence-corrected chi connectivity index (χ4v) is 2.22. The van der Waals surface area contributed by atoms with Crippen molar-refractivity contribution in [2.75, 3.05) is 6.61 Å². The minimum absolute atomic E-state index is 0.0696. The summed E-state index contributed by atoms with van der Waals surface area (Å²) < 4.78 is 42.7. The number of benzene rings is 1. The van der Waals surface area contributed by atoms with E-state index in [-0.39, 0.29) is 6.10 Å². The Bertz CT molecular complexity index is 415. The third-order valence-corrected chi connectivity index (χ3v) is 3.56. The second-order valence-corrected chi connectivity index (χ2v) is 4.87. The molecule has 0 aliphatic carbocycles. The maximum Gasteiger partial charge on any atom is 0.416 e. The smallest absolute Gasteiger partial charge is 0.377 e. The second-order valence-electron chi connectivity index (χ2n) is 4.87. The van der Waals surface area contributed by atoms with Gasteiger partial charge < -0.3 is 10.5 Å². The van der Waals surface area contributed by atoms with Gasteiger partial charge >= 0.3 is 6.18 Å². The molecule has 1 fully saturated rings. The highest BCUT2D eigenvalue weighted by molar-refractivity contribution is 5.26. The monoisotopic (exact) mass is 259 g/mol. The number of hydrogen-bond donors (Lipinski definition) is 1. The first kappa shape index (κ1) is 13.4. The van der Waals surface area contributed by atoms with Crippen LogP contribution in [-0.4, -0.2) is 18.2 Å². The fraction of sp³-hybridized carbons (Fsp3) is 0.538. The molecule has 2 N–H and O–H groups in total. The molecule has 1 aliphatic rings. The van der Waals surface area contributed by atoms with Crippen LogP contribution in [0.25, 0.3) is 0 Å². The lowest BCUT2D eigenvalue weighted by Gasteiger charge is -2.27. The van der Waals surface area contributed by atoms with Crippen LogP contribution in [-0.2, 0) is 17.3 Å². The molecule has 0 aromatic heterocycles. The zero-order valence-electron chi connectivity index (χ0n) is 10.1. The summed E-state index contributed by atoms with van der Waals surface area (Å²) in [5.74, 6) is 0. The molecule has 1 aromatic rings. The van der Waals surface area contributed by atoms with Crippen LogP contribution in [0.4, 0.5) is 13.2 Å². The average Bonchev–Trinajstić information content (AvgIpc) is 2.58. The number of alkyl halides is 3. The van der Waals surface area contributed by atoms with E-state index in [1.54, 1.807) is 0 Å². The summed E-state index contributed by atoms with van der Waals surface area (Å²) in [7, 11) is 0. The van der Waals surface area contributed by atoms with Gasteiger partial charge in [-0.25, -0.2) is 0 Å². The zero-order valence-corrected chi connectivity index (χ0v) is 10.1. The number of ether oxygens (including phenoxy) is 1. The van der Waals surface area contributed by atoms with Gasteiger partial charge in [-0.2, -0.15) is 13.2 Å². The molecule has 2 unspecified atom stereocenters. The summed E-state index contributed by atoms with van der Waals surface area (Å²) in [5, 5.41) is 0. The third kappa shape index (κ3) is 2.67. The quantitative estimate of drug-likeness (QED) is 0.886. The van der Waals surface area contributed by atoms with Crippen molar-refractivity contribution in [1.29, 1.82) is 0 Å². The topological polar surface area (TPSA) is 35.2 Å². The molecule has 100 valence electrons. The van der Waals surface area contributed by atoms with Crippen molar-refractivity contribution in [3.05, 3.63) is 35.4 Å². The van der Waals surface area contributed by atoms with Crippen LogP contribution < -0.4 is 5.73 Å². The number of rotatable bonds is 2. The first-order chi connectivity index (χ1) is 8.31. The van der Waals surface area contributed by atoms with Crippen molar-refractivity contribution in [2.45, 2.75) is 37.6 Å². The molecule has 2 nitrogen and oxygen atoms in total. The number of hydrogen-bond acceptors (Lipinski definition) is 2. The van der Waals surface area contributed by atoms with Gasteiger partial charge in [0.15, 0.2) is 0 Å². The lowest BCUT2D eigenvalue weighted by atomic mass is 9.86. The Balaban J connectivity index is 2.11. The molecule has 5 heteroatoms. The Morgan fingerprint density at radius 1 is 1.33 bits per heavy atom. The molecule has 2 rings (SSSR count). The minimum Gasteiger partial charge on any atom is -0.377 e. The Kier molecular flexibility index (Phi) is 3.38. The van der Waals surface area contributed by atoms with E-state index in [0.717, 1.165) is 24.1 Å². The molecule has 2 atom stereocenters. The molecule has 0 spiro atoms. The first-order valence-corrected chi connectivity index (χ1v) is 5.88. The Labute approximate surface area is 104 Å². The lowest BCUT2D eigenvalue weighted by Crippen LogP contribution is -2.47. The van der Waals surface area contributed by atoms with Crippen molar-refractivity contribution < 1.29 is 17.9 Å². The Morgan fingerprint density at radius 3 is 2.39 bits per heavy atom. The third-order valence-electron chi connectivity index (χ3n) is 3.56. The van der Waals surface area contributed by atoms with Gasteiger partial charge in [0, 0.05) is 12.1 Å². The van der Waals surface area contributed by atoms with Gasteiger partial charge in [-0.3, -0.25) is 0 Å². The molecule has 0 bridgehead atoms. The van der Waals surface area contributed by atoms with Crippen molar-refractivity contribution in [3.8, 4) is 0 Å². The highest BCUT2D eigenvalue weighted by Crippen LogP contribution is 2.31. The van der Waals surface area contributed by atoms with Gasteiger partial charge in [0.05, 0.1) is 11.7 Å². The second kappa shape index (κ2) is 4.55. The Morgan fingerprint density at radius 2 is 1.94 bits per heavy atom. The largest absolute Gasteiger partial charge is 0.416 e. The van der Waals surface area contributed by atoms with Crippen molar-refractivity contribution in [3.63, 3.8) is 0 Å². The van der Waals surface area contributed by atoms with Crippen LogP contribution in [0.5, 0.6) is 0 Å². The van der Waals surface area contributed by atoms with E-state index < -0.39 is 17.3 Å². The maximum atomic E-state index is 12.4. The van der Waals surface area contributed by atoms with Crippen LogP contribution in [0.2, 0.25) is 0 Å². The van der Waals surface area contributed by atoms with Gasteiger partial charge in [-0.15, -0.1) is 0 Å². The van der Waals surface area contributed by atoms with Crippen molar-refractivity contribution in [2.24, 2.45) is 5.73 Å². The van der Waals surface area contributed by atoms with Crippen LogP contribution in [0.15, 0.2) is 24.3 Å². The molecular formula is C13H16F3NO. The number of nitrogens with two attached hydrogens (primary N) is 1. The van der Waals surface area contributed by atoms with Crippen LogP contribution in [0.1, 0.15) is 24.5 Å². The summed E-state index contributed by atoms with van der Waals surface area (Å²) in [4.78, 5) is 0. The lowest BCUT2D eigenvalue weighted by molar-refractivity contribution is -0.137. The van der Waals surface area contributed by atoms with Gasteiger partial charge in [0.2, 0.25) is 0 Å². The predicted molar refractivity (Wildman–Crippen MR) is 62.1 cm³/mol. The average molecular weight is 259 g/mol. The van der Waals surface area contributed by atoms with Gasteiger partial charge in [-0.05, 0) is 37.5 Å². The normalized spacial score (nSPS) is 28.6. The predicted octanol–water partition coefficient (Wildman–Crippen LogP) is 2.75. The summed E-state index contributed by atoms with van der Waals surface area (Å²) in [6, 6.07) is 5.17. The molecule has 0 radical (unpaired) electrons. The van der Waals surface area contributed by atoms with E-state index in [4.69, 9.17) is 10.5 Å². The minimum atomic E-state index is -4.29. The first-order valence-electron chi connectivity index (χ1n) is 5.88. The molecular weight excluding hydrogens is 243 g/mol. The summed E-state index contributed by atoms with van der Waals surface area (Å²) in [6.45, 7) is 2.51. The highest BCUT2D eigenvalue weighted by atomic mass is 19.4. The molecule has 0 amide bonds. The van der Waals surface area contributed by atoms with Gasteiger partial charge in [0.1, 0.15) is 0 Å². The van der Waals surface area contributed by atoms with Crippen LogP contribution in [0.3, 0.4) is 0 Å². The van der Waals surface area contributed by atoms with E-state index in [1.165, 1.54) is 12.1 Å². The fourth-order valence-electron chi connectivity index (χ4n) is 2.22. The van der Waals surface area contributed by atoms with E-state index >= 15 is 0 Å². The molecule has 0 saturated carbocycles. The molecule has 1 aliphatic heterocycles.